The molecule has 2 aliphatic heterocycles. The number of sulfone groups is 1. The molecule has 7 heteroatoms. The lowest BCUT2D eigenvalue weighted by atomic mass is 10.2. The molecule has 0 radical (unpaired) electrons. The first kappa shape index (κ1) is 15.2. The van der Waals surface area contributed by atoms with E-state index in [-0.39, 0.29) is 6.04 Å². The molecule has 112 valence electrons. The van der Waals surface area contributed by atoms with Crippen molar-refractivity contribution in [1.29, 1.82) is 0 Å². The maximum absolute atomic E-state index is 11.5. The second kappa shape index (κ2) is 6.49. The second-order valence-corrected chi connectivity index (χ2v) is 7.73. The summed E-state index contributed by atoms with van der Waals surface area (Å²) in [6.07, 6.45) is 0.331. The van der Waals surface area contributed by atoms with Crippen LogP contribution in [0.3, 0.4) is 0 Å². The average molecular weight is 292 g/mol. The van der Waals surface area contributed by atoms with Crippen LogP contribution in [0.25, 0.3) is 0 Å². The van der Waals surface area contributed by atoms with Crippen LogP contribution in [0.1, 0.15) is 6.42 Å². The standard InChI is InChI=1S/C12H24N2O4S/c1-18-9-12(15)8-13-3-5-14(6-4-13)11-2-7-19(16,17)10-11/h11-12,15H,2-10H2,1H3/t11-,12+/m1/s1. The predicted octanol–water partition coefficient (Wildman–Crippen LogP) is -1.20. The van der Waals surface area contributed by atoms with E-state index in [0.29, 0.717) is 24.7 Å². The highest BCUT2D eigenvalue weighted by Gasteiger charge is 2.33. The summed E-state index contributed by atoms with van der Waals surface area (Å²) in [5.41, 5.74) is 0. The Kier molecular flexibility index (Phi) is 5.19. The van der Waals surface area contributed by atoms with Crippen LogP contribution in [0, 0.1) is 0 Å². The van der Waals surface area contributed by atoms with Crippen molar-refractivity contribution in [2.75, 3.05) is 57.9 Å². The highest BCUT2D eigenvalue weighted by Crippen LogP contribution is 2.19. The minimum absolute atomic E-state index is 0.205. The van der Waals surface area contributed by atoms with Gasteiger partial charge in [0, 0.05) is 45.9 Å². The molecule has 6 nitrogen and oxygen atoms in total. The predicted molar refractivity (Wildman–Crippen MR) is 73.0 cm³/mol. The Bertz CT molecular complexity index is 379. The van der Waals surface area contributed by atoms with Crippen molar-refractivity contribution in [2.45, 2.75) is 18.6 Å². The Morgan fingerprint density at radius 1 is 1.32 bits per heavy atom. The van der Waals surface area contributed by atoms with Gasteiger partial charge >= 0.3 is 0 Å². The molecule has 2 aliphatic rings. The van der Waals surface area contributed by atoms with Gasteiger partial charge in [0.05, 0.1) is 24.2 Å². The SMILES string of the molecule is COC[C@@H](O)CN1CCN([C@@H]2CCS(=O)(=O)C2)CC1. The summed E-state index contributed by atoms with van der Waals surface area (Å²) in [7, 11) is -1.21. The molecule has 0 aromatic heterocycles. The van der Waals surface area contributed by atoms with Gasteiger partial charge in [0.2, 0.25) is 0 Å². The third kappa shape index (κ3) is 4.39. The van der Waals surface area contributed by atoms with E-state index in [1.165, 1.54) is 0 Å². The zero-order chi connectivity index (χ0) is 13.9. The van der Waals surface area contributed by atoms with E-state index in [9.17, 15) is 13.5 Å². The highest BCUT2D eigenvalue weighted by atomic mass is 32.2. The number of hydrogen-bond acceptors (Lipinski definition) is 6. The first-order chi connectivity index (χ1) is 9.00. The topological polar surface area (TPSA) is 70.1 Å². The van der Waals surface area contributed by atoms with Crippen molar-refractivity contribution in [3.8, 4) is 0 Å². The molecule has 1 N–H and O–H groups in total. The van der Waals surface area contributed by atoms with Gasteiger partial charge in [-0.1, -0.05) is 0 Å². The van der Waals surface area contributed by atoms with E-state index in [0.717, 1.165) is 32.6 Å². The van der Waals surface area contributed by atoms with E-state index in [1.807, 2.05) is 0 Å². The van der Waals surface area contributed by atoms with Gasteiger partial charge in [-0.3, -0.25) is 9.80 Å². The van der Waals surface area contributed by atoms with Gasteiger partial charge in [0.25, 0.3) is 0 Å². The third-order valence-corrected chi connectivity index (χ3v) is 5.71. The quantitative estimate of drug-likeness (QED) is 0.686. The summed E-state index contributed by atoms with van der Waals surface area (Å²) in [6, 6.07) is 0.205. The molecule has 0 aliphatic carbocycles. The van der Waals surface area contributed by atoms with Crippen LogP contribution in [0.5, 0.6) is 0 Å². The van der Waals surface area contributed by atoms with Gasteiger partial charge in [0.1, 0.15) is 0 Å². The Balaban J connectivity index is 1.74. The molecule has 0 unspecified atom stereocenters. The summed E-state index contributed by atoms with van der Waals surface area (Å²) < 4.78 is 27.9. The fourth-order valence-electron chi connectivity index (χ4n) is 2.92. The van der Waals surface area contributed by atoms with E-state index < -0.39 is 15.9 Å². The van der Waals surface area contributed by atoms with E-state index in [4.69, 9.17) is 4.74 Å². The van der Waals surface area contributed by atoms with E-state index in [1.54, 1.807) is 7.11 Å². The fourth-order valence-corrected chi connectivity index (χ4v) is 4.68. The van der Waals surface area contributed by atoms with Crippen molar-refractivity contribution < 1.29 is 18.3 Å². The lowest BCUT2D eigenvalue weighted by molar-refractivity contribution is 0.0196. The Labute approximate surface area is 115 Å². The Hall–Kier alpha value is -0.210. The molecule has 2 saturated heterocycles. The number of hydrogen-bond donors (Lipinski definition) is 1. The minimum atomic E-state index is -2.80. The molecule has 0 amide bonds. The number of nitrogens with zero attached hydrogens (tertiary/aromatic N) is 2. The van der Waals surface area contributed by atoms with Crippen molar-refractivity contribution >= 4 is 9.84 Å². The van der Waals surface area contributed by atoms with Gasteiger partial charge in [-0.25, -0.2) is 8.42 Å². The number of methoxy groups -OCH3 is 1. The maximum atomic E-state index is 11.5. The first-order valence-electron chi connectivity index (χ1n) is 6.84. The van der Waals surface area contributed by atoms with Gasteiger partial charge in [0.15, 0.2) is 9.84 Å². The van der Waals surface area contributed by atoms with Gasteiger partial charge in [-0.2, -0.15) is 0 Å². The summed E-state index contributed by atoms with van der Waals surface area (Å²) in [6.45, 7) is 4.54. The molecule has 0 aromatic rings. The smallest absolute Gasteiger partial charge is 0.151 e. The largest absolute Gasteiger partial charge is 0.389 e. The van der Waals surface area contributed by atoms with Crippen molar-refractivity contribution in [1.82, 2.24) is 9.80 Å². The number of piperazine rings is 1. The van der Waals surface area contributed by atoms with E-state index in [2.05, 4.69) is 9.80 Å². The Morgan fingerprint density at radius 3 is 2.53 bits per heavy atom. The number of β-amino-alcohol motifs (C(OH)–C–C–N with tert-alkyl or cyclic N) is 1. The van der Waals surface area contributed by atoms with Crippen LogP contribution in [-0.4, -0.2) is 93.4 Å². The first-order valence-corrected chi connectivity index (χ1v) is 8.66. The molecule has 2 rings (SSSR count). The molecule has 0 spiro atoms. The Morgan fingerprint density at radius 2 is 2.00 bits per heavy atom. The van der Waals surface area contributed by atoms with Gasteiger partial charge < -0.3 is 9.84 Å². The van der Waals surface area contributed by atoms with Crippen LogP contribution < -0.4 is 0 Å². The van der Waals surface area contributed by atoms with Crippen molar-refractivity contribution in [3.05, 3.63) is 0 Å². The number of ether oxygens (including phenoxy) is 1. The molecule has 19 heavy (non-hydrogen) atoms. The number of aliphatic hydroxyl groups excluding tert-OH is 1. The minimum Gasteiger partial charge on any atom is -0.389 e. The van der Waals surface area contributed by atoms with Crippen LogP contribution >= 0.6 is 0 Å². The summed E-state index contributed by atoms with van der Waals surface area (Å²) in [5.74, 6) is 0.656. The summed E-state index contributed by atoms with van der Waals surface area (Å²) in [4.78, 5) is 4.49. The fraction of sp³-hybridized carbons (Fsp3) is 1.00. The zero-order valence-corrected chi connectivity index (χ0v) is 12.3. The lowest BCUT2D eigenvalue weighted by Crippen LogP contribution is -2.52. The molecule has 2 heterocycles. The number of aliphatic hydroxyl groups is 1. The molecular weight excluding hydrogens is 268 g/mol. The van der Waals surface area contributed by atoms with Crippen LogP contribution in [0.4, 0.5) is 0 Å². The molecule has 2 fully saturated rings. The van der Waals surface area contributed by atoms with Crippen molar-refractivity contribution in [2.24, 2.45) is 0 Å². The number of rotatable bonds is 5. The van der Waals surface area contributed by atoms with Crippen LogP contribution in [-0.2, 0) is 14.6 Å². The third-order valence-electron chi connectivity index (χ3n) is 3.96. The van der Waals surface area contributed by atoms with Crippen LogP contribution in [0.15, 0.2) is 0 Å². The molecular formula is C12H24N2O4S. The highest BCUT2D eigenvalue weighted by molar-refractivity contribution is 7.91. The average Bonchev–Trinajstić information content (AvgIpc) is 2.71. The van der Waals surface area contributed by atoms with Gasteiger partial charge in [-0.05, 0) is 6.42 Å². The lowest BCUT2D eigenvalue weighted by Gasteiger charge is -2.38. The molecule has 2 atom stereocenters. The zero-order valence-electron chi connectivity index (χ0n) is 11.5. The second-order valence-electron chi connectivity index (χ2n) is 5.50. The monoisotopic (exact) mass is 292 g/mol. The molecule has 0 bridgehead atoms. The molecule has 0 saturated carbocycles. The summed E-state index contributed by atoms with van der Waals surface area (Å²) >= 11 is 0. The summed E-state index contributed by atoms with van der Waals surface area (Å²) in [5, 5.41) is 9.69. The maximum Gasteiger partial charge on any atom is 0.151 e. The molecule has 0 aromatic carbocycles. The van der Waals surface area contributed by atoms with Crippen LogP contribution in [0.2, 0.25) is 0 Å². The van der Waals surface area contributed by atoms with Crippen molar-refractivity contribution in [3.63, 3.8) is 0 Å². The van der Waals surface area contributed by atoms with Gasteiger partial charge in [-0.15, -0.1) is 0 Å². The normalized spacial score (nSPS) is 30.5. The van der Waals surface area contributed by atoms with E-state index >= 15 is 0 Å².